The van der Waals surface area contributed by atoms with Crippen LogP contribution in [0.3, 0.4) is 0 Å². The van der Waals surface area contributed by atoms with Gasteiger partial charge in [0.05, 0.1) is 6.07 Å². The molecule has 0 amide bonds. The largest absolute Gasteiger partial charge is 0.381 e. The highest BCUT2D eigenvalue weighted by atomic mass is 16.6. The number of fused-ring (bicyclic) bond motifs is 1. The van der Waals surface area contributed by atoms with Gasteiger partial charge in [0.1, 0.15) is 5.60 Å². The first kappa shape index (κ1) is 8.70. The van der Waals surface area contributed by atoms with Gasteiger partial charge < -0.3 is 9.47 Å². The predicted molar refractivity (Wildman–Crippen MR) is 49.5 cm³/mol. The Hall–Kier alpha value is -0.590. The molecule has 1 saturated carbocycles. The summed E-state index contributed by atoms with van der Waals surface area (Å²) in [4.78, 5) is 0. The Morgan fingerprint density at radius 3 is 3.00 bits per heavy atom. The van der Waals surface area contributed by atoms with E-state index in [-0.39, 0.29) is 11.7 Å². The summed E-state index contributed by atoms with van der Waals surface area (Å²) in [5.41, 5.74) is -0.0345. The number of hydrogen-bond acceptors (Lipinski definition) is 3. The molecule has 2 aliphatic heterocycles. The lowest BCUT2D eigenvalue weighted by atomic mass is 9.71. The molecule has 2 heterocycles. The number of epoxide rings is 1. The third-order valence-corrected chi connectivity index (χ3v) is 4.07. The Balaban J connectivity index is 1.70. The van der Waals surface area contributed by atoms with E-state index < -0.39 is 0 Å². The first-order valence-electron chi connectivity index (χ1n) is 5.49. The Bertz CT molecular complexity index is 286. The normalized spacial score (nSPS) is 50.9. The summed E-state index contributed by atoms with van der Waals surface area (Å²) in [5, 5.41) is 8.82. The van der Waals surface area contributed by atoms with Crippen molar-refractivity contribution in [3.63, 3.8) is 0 Å². The predicted octanol–water partition coefficient (Wildman–Crippen LogP) is 1.48. The molecule has 3 heteroatoms. The van der Waals surface area contributed by atoms with Crippen molar-refractivity contribution in [1.29, 1.82) is 5.26 Å². The summed E-state index contributed by atoms with van der Waals surface area (Å²) in [6.45, 7) is 1.83. The van der Waals surface area contributed by atoms with Gasteiger partial charge in [-0.1, -0.05) is 0 Å². The van der Waals surface area contributed by atoms with Crippen molar-refractivity contribution < 1.29 is 9.47 Å². The smallest absolute Gasteiger partial charge is 0.173 e. The van der Waals surface area contributed by atoms with E-state index in [2.05, 4.69) is 6.07 Å². The lowest BCUT2D eigenvalue weighted by Crippen LogP contribution is -2.37. The van der Waals surface area contributed by atoms with Crippen molar-refractivity contribution in [2.45, 2.75) is 37.4 Å². The van der Waals surface area contributed by atoms with E-state index >= 15 is 0 Å². The maximum Gasteiger partial charge on any atom is 0.173 e. The van der Waals surface area contributed by atoms with Crippen LogP contribution in [0, 0.1) is 23.2 Å². The minimum Gasteiger partial charge on any atom is -0.381 e. The Kier molecular flexibility index (Phi) is 1.83. The highest BCUT2D eigenvalue weighted by Crippen LogP contribution is 2.52. The second-order valence-electron chi connectivity index (χ2n) is 4.82. The average Bonchev–Trinajstić information content (AvgIpc) is 2.91. The molecule has 0 radical (unpaired) electrons. The molecule has 0 aromatic rings. The average molecular weight is 193 g/mol. The van der Waals surface area contributed by atoms with Crippen LogP contribution in [0.2, 0.25) is 0 Å². The number of ether oxygens (including phenoxy) is 2. The lowest BCUT2D eigenvalue weighted by molar-refractivity contribution is -0.0185. The molecule has 0 aromatic heterocycles. The summed E-state index contributed by atoms with van der Waals surface area (Å²) in [7, 11) is 0. The number of nitrogens with zero attached hydrogens (tertiary/aromatic N) is 1. The van der Waals surface area contributed by atoms with Gasteiger partial charge >= 0.3 is 0 Å². The topological polar surface area (TPSA) is 45.5 Å². The van der Waals surface area contributed by atoms with Gasteiger partial charge in [-0.3, -0.25) is 0 Å². The van der Waals surface area contributed by atoms with Gasteiger partial charge in [0, 0.05) is 13.2 Å². The van der Waals surface area contributed by atoms with Crippen molar-refractivity contribution in [3.8, 4) is 6.07 Å². The van der Waals surface area contributed by atoms with Gasteiger partial charge in [0.15, 0.2) is 6.10 Å². The number of hydrogen-bond donors (Lipinski definition) is 0. The monoisotopic (exact) mass is 193 g/mol. The molecule has 3 nitrogen and oxygen atoms in total. The molecular weight excluding hydrogens is 178 g/mol. The number of rotatable bonds is 0. The van der Waals surface area contributed by atoms with Gasteiger partial charge in [0.2, 0.25) is 0 Å². The fourth-order valence-electron chi connectivity index (χ4n) is 3.09. The van der Waals surface area contributed by atoms with E-state index in [0.717, 1.165) is 44.3 Å². The molecule has 3 aliphatic rings. The van der Waals surface area contributed by atoms with Crippen LogP contribution in [0.4, 0.5) is 0 Å². The minimum absolute atomic E-state index is 0.0345. The molecule has 76 valence electrons. The zero-order valence-electron chi connectivity index (χ0n) is 8.24. The summed E-state index contributed by atoms with van der Waals surface area (Å²) < 4.78 is 11.0. The van der Waals surface area contributed by atoms with Crippen LogP contribution in [0.1, 0.15) is 25.7 Å². The SMILES string of the molecule is N#CC1OC12CCC1COCCC1C2. The van der Waals surface area contributed by atoms with Crippen LogP contribution < -0.4 is 0 Å². The van der Waals surface area contributed by atoms with Crippen molar-refractivity contribution in [2.75, 3.05) is 13.2 Å². The first-order chi connectivity index (χ1) is 6.84. The molecule has 1 spiro atoms. The maximum atomic E-state index is 8.82. The molecule has 0 N–H and O–H groups in total. The second-order valence-corrected chi connectivity index (χ2v) is 4.82. The molecule has 3 rings (SSSR count). The van der Waals surface area contributed by atoms with Crippen molar-refractivity contribution in [1.82, 2.24) is 0 Å². The molecular formula is C11H15NO2. The van der Waals surface area contributed by atoms with Crippen molar-refractivity contribution in [2.24, 2.45) is 11.8 Å². The zero-order valence-corrected chi connectivity index (χ0v) is 8.24. The van der Waals surface area contributed by atoms with Crippen LogP contribution in [0.15, 0.2) is 0 Å². The van der Waals surface area contributed by atoms with Gasteiger partial charge in [0.25, 0.3) is 0 Å². The first-order valence-corrected chi connectivity index (χ1v) is 5.49. The highest BCUT2D eigenvalue weighted by Gasteiger charge is 2.60. The maximum absolute atomic E-state index is 8.82. The molecule has 4 unspecified atom stereocenters. The molecule has 2 saturated heterocycles. The minimum atomic E-state index is -0.105. The van der Waals surface area contributed by atoms with E-state index in [4.69, 9.17) is 14.7 Å². The summed E-state index contributed by atoms with van der Waals surface area (Å²) in [6, 6.07) is 2.24. The van der Waals surface area contributed by atoms with E-state index in [0.29, 0.717) is 0 Å². The van der Waals surface area contributed by atoms with E-state index in [1.54, 1.807) is 0 Å². The van der Waals surface area contributed by atoms with Crippen LogP contribution in [-0.2, 0) is 9.47 Å². The van der Waals surface area contributed by atoms with Gasteiger partial charge in [-0.25, -0.2) is 0 Å². The van der Waals surface area contributed by atoms with Gasteiger partial charge in [-0.15, -0.1) is 0 Å². The van der Waals surface area contributed by atoms with E-state index in [1.807, 2.05) is 0 Å². The quantitative estimate of drug-likeness (QED) is 0.547. The molecule has 4 atom stereocenters. The highest BCUT2D eigenvalue weighted by molar-refractivity contribution is 5.16. The molecule has 1 aliphatic carbocycles. The third-order valence-electron chi connectivity index (χ3n) is 4.07. The van der Waals surface area contributed by atoms with Gasteiger partial charge in [-0.2, -0.15) is 5.26 Å². The fourth-order valence-corrected chi connectivity index (χ4v) is 3.09. The number of nitriles is 1. The Labute approximate surface area is 84.0 Å². The van der Waals surface area contributed by atoms with Crippen LogP contribution >= 0.6 is 0 Å². The van der Waals surface area contributed by atoms with E-state index in [1.165, 1.54) is 6.42 Å². The Morgan fingerprint density at radius 1 is 1.29 bits per heavy atom. The van der Waals surface area contributed by atoms with Crippen LogP contribution in [-0.4, -0.2) is 24.9 Å². The third kappa shape index (κ3) is 1.18. The fraction of sp³-hybridized carbons (Fsp3) is 0.909. The van der Waals surface area contributed by atoms with Crippen LogP contribution in [0.25, 0.3) is 0 Å². The summed E-state index contributed by atoms with van der Waals surface area (Å²) >= 11 is 0. The molecule has 14 heavy (non-hydrogen) atoms. The van der Waals surface area contributed by atoms with Crippen molar-refractivity contribution >= 4 is 0 Å². The van der Waals surface area contributed by atoms with E-state index in [9.17, 15) is 0 Å². The summed E-state index contributed by atoms with van der Waals surface area (Å²) in [5.74, 6) is 1.48. The molecule has 3 fully saturated rings. The summed E-state index contributed by atoms with van der Waals surface area (Å²) in [6.07, 6.45) is 4.40. The standard InChI is InChI=1S/C11H15NO2/c12-6-10-11(14-10)3-1-9-7-13-4-2-8(9)5-11/h8-10H,1-5,7H2. The lowest BCUT2D eigenvalue weighted by Gasteiger charge is -2.37. The zero-order chi connectivity index (χ0) is 9.60. The molecule has 0 bridgehead atoms. The van der Waals surface area contributed by atoms with Crippen molar-refractivity contribution in [3.05, 3.63) is 0 Å². The molecule has 0 aromatic carbocycles. The van der Waals surface area contributed by atoms with Gasteiger partial charge in [-0.05, 0) is 37.5 Å². The Morgan fingerprint density at radius 2 is 2.21 bits per heavy atom. The van der Waals surface area contributed by atoms with Crippen LogP contribution in [0.5, 0.6) is 0 Å². The second kappa shape index (κ2) is 2.95.